The van der Waals surface area contributed by atoms with E-state index in [-0.39, 0.29) is 57.2 Å². The van der Waals surface area contributed by atoms with Gasteiger partial charge in [0.1, 0.15) is 19.0 Å². The molecule has 3 rings (SSSR count). The maximum Gasteiger partial charge on any atom is 0.309 e. The maximum absolute atomic E-state index is 13.5. The van der Waals surface area contributed by atoms with Gasteiger partial charge in [-0.1, -0.05) is 84.9 Å². The second kappa shape index (κ2) is 22.0. The lowest BCUT2D eigenvalue weighted by atomic mass is 9.96. The average Bonchev–Trinajstić information content (AvgIpc) is 3.10. The van der Waals surface area contributed by atoms with Gasteiger partial charge in [-0.05, 0) is 54.5 Å². The van der Waals surface area contributed by atoms with Gasteiger partial charge in [0.05, 0.1) is 37.7 Å². The van der Waals surface area contributed by atoms with Crippen molar-refractivity contribution in [3.05, 3.63) is 127 Å². The molecule has 3 atom stereocenters. The number of allylic oxidation sites excluding steroid dienone is 2. The maximum atomic E-state index is 13.5. The Morgan fingerprint density at radius 2 is 1.40 bits per heavy atom. The predicted octanol–water partition coefficient (Wildman–Crippen LogP) is 4.98. The first-order chi connectivity index (χ1) is 23.4. The van der Waals surface area contributed by atoms with Crippen LogP contribution in [-0.4, -0.2) is 61.9 Å². The molecule has 3 N–H and O–H groups in total. The largest absolute Gasteiger partial charge is 0.489 e. The first-order valence-corrected chi connectivity index (χ1v) is 16.4. The fraction of sp³-hybridized carbons (Fsp3) is 0.359. The number of carbonyl (C=O) groups excluding carboxylic acids is 3. The van der Waals surface area contributed by atoms with Crippen LogP contribution in [0.1, 0.15) is 36.0 Å². The van der Waals surface area contributed by atoms with Crippen LogP contribution in [0.25, 0.3) is 0 Å². The Balaban J connectivity index is 1.68. The second-order valence-corrected chi connectivity index (χ2v) is 11.5. The molecule has 0 spiro atoms. The summed E-state index contributed by atoms with van der Waals surface area (Å²) in [5.41, 5.74) is 2.99. The molecule has 0 aliphatic heterocycles. The molecular formula is C39H48N2O7. The molecule has 9 nitrogen and oxygen atoms in total. The Morgan fingerprint density at radius 1 is 0.771 bits per heavy atom. The van der Waals surface area contributed by atoms with Crippen LogP contribution >= 0.6 is 0 Å². The monoisotopic (exact) mass is 656 g/mol. The molecule has 256 valence electrons. The second-order valence-electron chi connectivity index (χ2n) is 11.5. The minimum absolute atomic E-state index is 0.0453. The quantitative estimate of drug-likeness (QED) is 0.0748. The van der Waals surface area contributed by atoms with Crippen molar-refractivity contribution < 1.29 is 33.7 Å². The lowest BCUT2D eigenvalue weighted by Gasteiger charge is -2.23. The highest BCUT2D eigenvalue weighted by Crippen LogP contribution is 2.18. The Labute approximate surface area is 284 Å². The van der Waals surface area contributed by atoms with E-state index in [4.69, 9.17) is 19.3 Å². The number of carbonyl (C=O) groups is 3. The van der Waals surface area contributed by atoms with E-state index in [1.807, 2.05) is 84.9 Å². The molecule has 0 aliphatic carbocycles. The third-order valence-electron chi connectivity index (χ3n) is 7.59. The van der Waals surface area contributed by atoms with Crippen LogP contribution in [0, 0.1) is 11.8 Å². The van der Waals surface area contributed by atoms with Gasteiger partial charge in [0, 0.05) is 13.0 Å². The summed E-state index contributed by atoms with van der Waals surface area (Å²) in [5, 5.41) is 14.6. The highest BCUT2D eigenvalue weighted by atomic mass is 16.5. The van der Waals surface area contributed by atoms with E-state index in [0.29, 0.717) is 38.0 Å². The summed E-state index contributed by atoms with van der Waals surface area (Å²) in [5.74, 6) is -1.38. The number of hydrogen-bond acceptors (Lipinski definition) is 7. The number of amides is 2. The van der Waals surface area contributed by atoms with Crippen molar-refractivity contribution in [2.75, 3.05) is 33.0 Å². The Bertz CT molecular complexity index is 1400. The number of rotatable bonds is 23. The number of ether oxygens (including phenoxy) is 3. The van der Waals surface area contributed by atoms with Gasteiger partial charge in [-0.2, -0.15) is 0 Å². The van der Waals surface area contributed by atoms with E-state index < -0.39 is 17.9 Å². The average molecular weight is 657 g/mol. The third kappa shape index (κ3) is 14.4. The van der Waals surface area contributed by atoms with Crippen molar-refractivity contribution in [1.82, 2.24) is 10.6 Å². The normalized spacial score (nSPS) is 12.6. The molecule has 0 heterocycles. The molecular weight excluding hydrogens is 608 g/mol. The minimum Gasteiger partial charge on any atom is -0.489 e. The van der Waals surface area contributed by atoms with E-state index in [2.05, 4.69) is 23.8 Å². The van der Waals surface area contributed by atoms with E-state index in [1.165, 1.54) is 0 Å². The van der Waals surface area contributed by atoms with Crippen LogP contribution in [0.5, 0.6) is 5.75 Å². The van der Waals surface area contributed by atoms with Gasteiger partial charge in [0.2, 0.25) is 11.8 Å². The van der Waals surface area contributed by atoms with E-state index in [0.717, 1.165) is 16.7 Å². The van der Waals surface area contributed by atoms with Crippen LogP contribution < -0.4 is 15.4 Å². The Kier molecular flexibility index (Phi) is 17.3. The van der Waals surface area contributed by atoms with Gasteiger partial charge in [0.25, 0.3) is 0 Å². The molecule has 3 aromatic carbocycles. The zero-order valence-electron chi connectivity index (χ0n) is 27.6. The lowest BCUT2D eigenvalue weighted by molar-refractivity contribution is -0.149. The highest BCUT2D eigenvalue weighted by molar-refractivity contribution is 5.86. The smallest absolute Gasteiger partial charge is 0.309 e. The first kappa shape index (κ1) is 37.7. The molecule has 48 heavy (non-hydrogen) atoms. The molecule has 9 heteroatoms. The molecule has 2 amide bonds. The van der Waals surface area contributed by atoms with Crippen LogP contribution in [0.4, 0.5) is 0 Å². The number of nitrogens with one attached hydrogen (secondary N) is 2. The van der Waals surface area contributed by atoms with Crippen molar-refractivity contribution in [3.8, 4) is 5.75 Å². The Hall–Kier alpha value is -4.73. The van der Waals surface area contributed by atoms with Crippen molar-refractivity contribution >= 4 is 17.8 Å². The molecule has 0 radical (unpaired) electrons. The molecule has 0 aliphatic rings. The van der Waals surface area contributed by atoms with Crippen molar-refractivity contribution in [2.45, 2.75) is 44.8 Å². The topological polar surface area (TPSA) is 123 Å². The zero-order chi connectivity index (χ0) is 34.4. The highest BCUT2D eigenvalue weighted by Gasteiger charge is 2.26. The van der Waals surface area contributed by atoms with E-state index >= 15 is 0 Å². The summed E-state index contributed by atoms with van der Waals surface area (Å²) in [6.45, 7) is 8.58. The number of hydrogen-bond donors (Lipinski definition) is 3. The zero-order valence-corrected chi connectivity index (χ0v) is 27.6. The van der Waals surface area contributed by atoms with Crippen molar-refractivity contribution in [1.29, 1.82) is 0 Å². The molecule has 0 fully saturated rings. The van der Waals surface area contributed by atoms with Crippen molar-refractivity contribution in [2.24, 2.45) is 11.8 Å². The Morgan fingerprint density at radius 3 is 2.04 bits per heavy atom. The third-order valence-corrected chi connectivity index (χ3v) is 7.59. The number of aliphatic hydroxyl groups excluding tert-OH is 1. The summed E-state index contributed by atoms with van der Waals surface area (Å²) in [6.07, 6.45) is 4.91. The van der Waals surface area contributed by atoms with E-state index in [9.17, 15) is 14.4 Å². The molecule has 0 unspecified atom stereocenters. The van der Waals surface area contributed by atoms with Gasteiger partial charge < -0.3 is 30.0 Å². The van der Waals surface area contributed by atoms with Gasteiger partial charge in [-0.15, -0.1) is 13.2 Å². The predicted molar refractivity (Wildman–Crippen MR) is 186 cm³/mol. The summed E-state index contributed by atoms with van der Waals surface area (Å²) >= 11 is 0. The van der Waals surface area contributed by atoms with Crippen LogP contribution in [-0.2, 0) is 43.3 Å². The van der Waals surface area contributed by atoms with Crippen LogP contribution in [0.2, 0.25) is 0 Å². The van der Waals surface area contributed by atoms with Gasteiger partial charge in [0.15, 0.2) is 0 Å². The summed E-state index contributed by atoms with van der Waals surface area (Å²) in [4.78, 5) is 39.4. The van der Waals surface area contributed by atoms with Crippen LogP contribution in [0.15, 0.2) is 110 Å². The van der Waals surface area contributed by atoms with Gasteiger partial charge >= 0.3 is 5.97 Å². The fourth-order valence-electron chi connectivity index (χ4n) is 5.09. The summed E-state index contributed by atoms with van der Waals surface area (Å²) < 4.78 is 16.9. The number of benzene rings is 3. The summed E-state index contributed by atoms with van der Waals surface area (Å²) in [6, 6.07) is 26.6. The van der Waals surface area contributed by atoms with Crippen LogP contribution in [0.3, 0.4) is 0 Å². The molecule has 0 aromatic heterocycles. The standard InChI is InChI=1S/C39H48N2O7/c1-3-11-33(27-37(43)40-21-23-46-24-22-42)38(44)41-35(29-48-39(45)34(12-4-2)25-30-13-7-5-8-14-30)26-31-17-19-36(20-18-31)47-28-32-15-9-6-10-16-32/h3-10,13-20,33-35,42H,1-2,11-12,21-29H2,(H,40,43)(H,41,44)/t33-,34+,35+/m1/s1. The molecule has 0 saturated heterocycles. The number of aliphatic hydroxyl groups is 1. The summed E-state index contributed by atoms with van der Waals surface area (Å²) in [7, 11) is 0. The van der Waals surface area contributed by atoms with Gasteiger partial charge in [-0.25, -0.2) is 0 Å². The van der Waals surface area contributed by atoms with Crippen molar-refractivity contribution in [3.63, 3.8) is 0 Å². The lowest BCUT2D eigenvalue weighted by Crippen LogP contribution is -2.44. The molecule has 3 aromatic rings. The SMILES string of the molecule is C=CC[C@H](CC(=O)NCCOCCO)C(=O)N[C@H](COC(=O)[C@@H](CC=C)Cc1ccccc1)Cc1ccc(OCc2ccccc2)cc1. The molecule has 0 saturated carbocycles. The minimum atomic E-state index is -0.667. The fourth-order valence-corrected chi connectivity index (χ4v) is 5.09. The van der Waals surface area contributed by atoms with E-state index in [1.54, 1.807) is 12.2 Å². The number of esters is 1. The first-order valence-electron chi connectivity index (χ1n) is 16.4. The van der Waals surface area contributed by atoms with Gasteiger partial charge in [-0.3, -0.25) is 14.4 Å². The molecule has 0 bridgehead atoms.